The molecule has 0 saturated carbocycles. The van der Waals surface area contributed by atoms with Crippen LogP contribution >= 0.6 is 0 Å². The van der Waals surface area contributed by atoms with Crippen molar-refractivity contribution in [1.29, 1.82) is 0 Å². The molecule has 0 saturated heterocycles. The van der Waals surface area contributed by atoms with E-state index in [1.807, 2.05) is 182 Å². The lowest BCUT2D eigenvalue weighted by molar-refractivity contribution is -0.184. The third-order valence-corrected chi connectivity index (χ3v) is 8.13. The number of aliphatic carboxylic acids is 3. The highest BCUT2D eigenvalue weighted by Crippen LogP contribution is 2.16. The van der Waals surface area contributed by atoms with Crippen molar-refractivity contribution in [2.24, 2.45) is 0 Å². The third kappa shape index (κ3) is 24.7. The van der Waals surface area contributed by atoms with Crippen LogP contribution in [0.3, 0.4) is 0 Å². The second kappa shape index (κ2) is 32.1. The lowest BCUT2D eigenvalue weighted by Gasteiger charge is -2.18. The SMILES string of the molecule is O=C(O)CC(O)(CC(=O)O)C(=O)O.c1ccc(CONOCc2ccccc2)cc1.c1ccc(CONOCc2ccccc2)cc1.c1ccc(CONOCc2ccccc2)cc1. The van der Waals surface area contributed by atoms with Crippen LogP contribution in [0.15, 0.2) is 182 Å². The Hall–Kier alpha value is -6.67. The minimum Gasteiger partial charge on any atom is -0.481 e. The van der Waals surface area contributed by atoms with Crippen molar-refractivity contribution in [2.75, 3.05) is 0 Å². The molecule has 6 rings (SSSR count). The van der Waals surface area contributed by atoms with Gasteiger partial charge in [-0.2, -0.15) is 0 Å². The van der Waals surface area contributed by atoms with E-state index in [2.05, 4.69) is 16.9 Å². The molecular formula is C48H53N3O13. The first-order chi connectivity index (χ1) is 31.1. The van der Waals surface area contributed by atoms with Gasteiger partial charge in [0.15, 0.2) is 5.60 Å². The van der Waals surface area contributed by atoms with Gasteiger partial charge in [-0.25, -0.2) is 4.79 Å². The summed E-state index contributed by atoms with van der Waals surface area (Å²) in [7, 11) is 0. The minimum absolute atomic E-state index is 0.482. The van der Waals surface area contributed by atoms with Crippen molar-refractivity contribution in [3.63, 3.8) is 0 Å². The number of hydrogen-bond donors (Lipinski definition) is 7. The molecule has 0 bridgehead atoms. The summed E-state index contributed by atoms with van der Waals surface area (Å²) < 4.78 is 0. The fourth-order valence-electron chi connectivity index (χ4n) is 4.96. The van der Waals surface area contributed by atoms with Crippen LogP contribution in [-0.2, 0) is 83.1 Å². The quantitative estimate of drug-likeness (QED) is 0.0248. The summed E-state index contributed by atoms with van der Waals surface area (Å²) in [6.45, 7) is 2.89. The predicted octanol–water partition coefficient (Wildman–Crippen LogP) is 7.27. The van der Waals surface area contributed by atoms with Crippen LogP contribution in [-0.4, -0.2) is 43.9 Å². The van der Waals surface area contributed by atoms with E-state index in [0.29, 0.717) is 39.6 Å². The Labute approximate surface area is 371 Å². The molecular weight excluding hydrogens is 827 g/mol. The molecule has 0 aliphatic heterocycles. The molecule has 338 valence electrons. The summed E-state index contributed by atoms with van der Waals surface area (Å²) in [5, 5.41) is 33.8. The molecule has 0 atom stereocenters. The third-order valence-electron chi connectivity index (χ3n) is 8.13. The van der Waals surface area contributed by atoms with E-state index in [-0.39, 0.29) is 0 Å². The minimum atomic E-state index is -2.74. The van der Waals surface area contributed by atoms with E-state index in [0.717, 1.165) is 33.4 Å². The molecule has 0 aliphatic carbocycles. The average molecular weight is 880 g/mol. The maximum absolute atomic E-state index is 10.3. The fourth-order valence-corrected chi connectivity index (χ4v) is 4.96. The Balaban J connectivity index is 0.000000228. The first-order valence-corrected chi connectivity index (χ1v) is 19.7. The summed E-state index contributed by atoms with van der Waals surface area (Å²) >= 11 is 0. The molecule has 0 heterocycles. The molecule has 16 heteroatoms. The maximum atomic E-state index is 10.3. The zero-order valence-electron chi connectivity index (χ0n) is 34.9. The van der Waals surface area contributed by atoms with Crippen LogP contribution in [0.2, 0.25) is 0 Å². The van der Waals surface area contributed by atoms with Crippen LogP contribution in [0.25, 0.3) is 0 Å². The Kier molecular flexibility index (Phi) is 25.9. The standard InChI is InChI=1S/3C14H15NO2.C6H8O7/c3*1-3-7-13(8-4-1)11-16-15-17-12-14-9-5-2-6-10-14;7-3(8)1-6(13,5(11)12)2-4(9)10/h3*1-10,15H,11-12H2;13H,1-2H2,(H,7,8)(H,9,10)(H,11,12). The average Bonchev–Trinajstić information content (AvgIpc) is 3.31. The Morgan fingerprint density at radius 3 is 0.656 bits per heavy atom. The molecule has 6 aromatic carbocycles. The van der Waals surface area contributed by atoms with Crippen LogP contribution in [0.5, 0.6) is 0 Å². The molecule has 0 spiro atoms. The van der Waals surface area contributed by atoms with Crippen molar-refractivity contribution in [2.45, 2.75) is 58.1 Å². The molecule has 0 unspecified atom stereocenters. The van der Waals surface area contributed by atoms with Gasteiger partial charge in [-0.05, 0) is 33.4 Å². The number of aliphatic hydroxyl groups is 1. The van der Waals surface area contributed by atoms with Gasteiger partial charge in [0.2, 0.25) is 0 Å². The lowest BCUT2D eigenvalue weighted by atomic mass is 9.96. The summed E-state index contributed by atoms with van der Waals surface area (Å²) in [5.41, 5.74) is 11.3. The molecule has 7 N–H and O–H groups in total. The molecule has 0 fully saturated rings. The zero-order chi connectivity index (χ0) is 45.9. The van der Waals surface area contributed by atoms with Crippen molar-refractivity contribution < 1.29 is 63.8 Å². The normalized spacial score (nSPS) is 10.5. The van der Waals surface area contributed by atoms with Crippen molar-refractivity contribution in [3.8, 4) is 0 Å². The van der Waals surface area contributed by atoms with E-state index < -0.39 is 36.4 Å². The van der Waals surface area contributed by atoms with Gasteiger partial charge < -0.3 is 20.4 Å². The molecule has 16 nitrogen and oxygen atoms in total. The highest BCUT2D eigenvalue weighted by Gasteiger charge is 2.40. The second-order valence-electron chi connectivity index (χ2n) is 13.4. The first kappa shape index (κ1) is 51.7. The smallest absolute Gasteiger partial charge is 0.336 e. The predicted molar refractivity (Wildman–Crippen MR) is 234 cm³/mol. The first-order valence-electron chi connectivity index (χ1n) is 19.7. The van der Waals surface area contributed by atoms with E-state index in [4.69, 9.17) is 49.5 Å². The van der Waals surface area contributed by atoms with E-state index in [1.165, 1.54) is 0 Å². The summed E-state index contributed by atoms with van der Waals surface area (Å²) in [6.07, 6.45) is -2.29. The van der Waals surface area contributed by atoms with Crippen molar-refractivity contribution in [1.82, 2.24) is 16.9 Å². The van der Waals surface area contributed by atoms with Crippen molar-refractivity contribution >= 4 is 17.9 Å². The number of carbonyl (C=O) groups is 3. The monoisotopic (exact) mass is 879 g/mol. The topological polar surface area (TPSA) is 224 Å². The van der Waals surface area contributed by atoms with Gasteiger partial charge in [-0.1, -0.05) is 199 Å². The summed E-state index contributed by atoms with van der Waals surface area (Å²) in [4.78, 5) is 61.5. The van der Waals surface area contributed by atoms with Crippen LogP contribution in [0, 0.1) is 0 Å². The van der Waals surface area contributed by atoms with E-state index >= 15 is 0 Å². The van der Waals surface area contributed by atoms with Crippen LogP contribution in [0.4, 0.5) is 0 Å². The van der Waals surface area contributed by atoms with Gasteiger partial charge in [0.25, 0.3) is 0 Å². The number of rotatable bonds is 23. The molecule has 0 amide bonds. The van der Waals surface area contributed by atoms with E-state index in [1.54, 1.807) is 0 Å². The number of carboxylic acids is 3. The Bertz CT molecular complexity index is 1760. The number of hydrogen-bond acceptors (Lipinski definition) is 13. The Morgan fingerprint density at radius 2 is 0.516 bits per heavy atom. The number of benzene rings is 6. The van der Waals surface area contributed by atoms with Gasteiger partial charge >= 0.3 is 17.9 Å². The molecule has 0 aliphatic rings. The summed E-state index contributed by atoms with van der Waals surface area (Å²) in [6, 6.07) is 59.5. The number of nitrogens with one attached hydrogen (secondary N) is 3. The van der Waals surface area contributed by atoms with Gasteiger partial charge in [0.05, 0.1) is 52.5 Å². The van der Waals surface area contributed by atoms with Crippen molar-refractivity contribution in [3.05, 3.63) is 215 Å². The molecule has 64 heavy (non-hydrogen) atoms. The van der Waals surface area contributed by atoms with Crippen LogP contribution in [0.1, 0.15) is 46.2 Å². The maximum Gasteiger partial charge on any atom is 0.336 e. The second-order valence-corrected chi connectivity index (χ2v) is 13.4. The highest BCUT2D eigenvalue weighted by molar-refractivity contribution is 5.88. The molecule has 0 radical (unpaired) electrons. The van der Waals surface area contributed by atoms with Gasteiger partial charge in [0.1, 0.15) is 0 Å². The zero-order valence-corrected chi connectivity index (χ0v) is 34.9. The van der Waals surface area contributed by atoms with Gasteiger partial charge in [0, 0.05) is 0 Å². The number of carboxylic acid groups (broad SMARTS) is 3. The van der Waals surface area contributed by atoms with Crippen LogP contribution < -0.4 is 16.9 Å². The lowest BCUT2D eigenvalue weighted by Crippen LogP contribution is -2.42. The van der Waals surface area contributed by atoms with E-state index in [9.17, 15) is 14.4 Å². The Morgan fingerprint density at radius 1 is 0.344 bits per heavy atom. The van der Waals surface area contributed by atoms with Gasteiger partial charge in [-0.15, -0.1) is 0 Å². The van der Waals surface area contributed by atoms with Gasteiger partial charge in [-0.3, -0.25) is 38.6 Å². The fraction of sp³-hybridized carbons (Fsp3) is 0.188. The largest absolute Gasteiger partial charge is 0.481 e. The molecule has 6 aromatic rings. The molecule has 0 aromatic heterocycles. The highest BCUT2D eigenvalue weighted by atomic mass is 16.9. The summed E-state index contributed by atoms with van der Waals surface area (Å²) in [5.74, 6) is -5.02.